The lowest BCUT2D eigenvalue weighted by atomic mass is 10.2. The average Bonchev–Trinajstić information content (AvgIpc) is 2.03. The molecule has 0 fully saturated rings. The van der Waals surface area contributed by atoms with Gasteiger partial charge in [-0.05, 0) is 12.1 Å². The van der Waals surface area contributed by atoms with Crippen LogP contribution in [-0.4, -0.2) is 5.11 Å². The number of hydrogen-bond acceptors (Lipinski definition) is 4. The van der Waals surface area contributed by atoms with Crippen molar-refractivity contribution in [2.24, 2.45) is 5.84 Å². The van der Waals surface area contributed by atoms with Gasteiger partial charge in [-0.15, -0.1) is 0 Å². The molecule has 1 aromatic carbocycles. The van der Waals surface area contributed by atoms with Gasteiger partial charge in [-0.3, -0.25) is 5.84 Å². The maximum Gasteiger partial charge on any atom is 0.119 e. The number of benzene rings is 1. The Labute approximate surface area is 63.8 Å². The minimum absolute atomic E-state index is 0.0250. The predicted molar refractivity (Wildman–Crippen MR) is 40.6 cm³/mol. The van der Waals surface area contributed by atoms with Gasteiger partial charge in [-0.2, -0.15) is 5.26 Å². The molecule has 0 saturated carbocycles. The number of anilines is 1. The molecule has 0 radical (unpaired) electrons. The molecule has 0 bridgehead atoms. The Kier molecular flexibility index (Phi) is 1.95. The van der Waals surface area contributed by atoms with Crippen molar-refractivity contribution in [3.05, 3.63) is 23.8 Å². The van der Waals surface area contributed by atoms with E-state index in [1.807, 2.05) is 6.07 Å². The van der Waals surface area contributed by atoms with E-state index in [1.54, 1.807) is 6.07 Å². The first-order valence-electron chi connectivity index (χ1n) is 2.97. The second-order valence-electron chi connectivity index (χ2n) is 2.02. The molecular weight excluding hydrogens is 142 g/mol. The highest BCUT2D eigenvalue weighted by molar-refractivity contribution is 5.53. The molecule has 0 aliphatic carbocycles. The van der Waals surface area contributed by atoms with Crippen LogP contribution < -0.4 is 11.3 Å². The standard InChI is InChI=1S/C7H7N3O/c8-4-5-1-6(10-9)3-7(11)2-5/h1-3,10-11H,9H2. The minimum Gasteiger partial charge on any atom is -0.508 e. The van der Waals surface area contributed by atoms with Gasteiger partial charge in [-0.25, -0.2) is 0 Å². The molecule has 1 rings (SSSR count). The molecule has 1 aromatic rings. The van der Waals surface area contributed by atoms with Crippen molar-refractivity contribution in [3.8, 4) is 11.8 Å². The fourth-order valence-corrected chi connectivity index (χ4v) is 0.759. The summed E-state index contributed by atoms with van der Waals surface area (Å²) in [7, 11) is 0. The molecule has 0 unspecified atom stereocenters. The summed E-state index contributed by atoms with van der Waals surface area (Å²) in [6.45, 7) is 0. The largest absolute Gasteiger partial charge is 0.508 e. The van der Waals surface area contributed by atoms with E-state index in [9.17, 15) is 0 Å². The van der Waals surface area contributed by atoms with E-state index < -0.39 is 0 Å². The van der Waals surface area contributed by atoms with Gasteiger partial charge in [0.25, 0.3) is 0 Å². The van der Waals surface area contributed by atoms with Crippen LogP contribution >= 0.6 is 0 Å². The number of hydrazine groups is 1. The molecule has 0 aromatic heterocycles. The van der Waals surface area contributed by atoms with Crippen LogP contribution in [0.15, 0.2) is 18.2 Å². The van der Waals surface area contributed by atoms with Gasteiger partial charge in [0.1, 0.15) is 5.75 Å². The number of aromatic hydroxyl groups is 1. The number of nitrogens with two attached hydrogens (primary N) is 1. The van der Waals surface area contributed by atoms with E-state index >= 15 is 0 Å². The van der Waals surface area contributed by atoms with E-state index in [1.165, 1.54) is 12.1 Å². The summed E-state index contributed by atoms with van der Waals surface area (Å²) in [4.78, 5) is 0. The van der Waals surface area contributed by atoms with Crippen LogP contribution in [0.5, 0.6) is 5.75 Å². The summed E-state index contributed by atoms with van der Waals surface area (Å²) < 4.78 is 0. The van der Waals surface area contributed by atoms with E-state index in [0.717, 1.165) is 0 Å². The van der Waals surface area contributed by atoms with E-state index in [2.05, 4.69) is 5.43 Å². The van der Waals surface area contributed by atoms with Crippen LogP contribution in [0.3, 0.4) is 0 Å². The van der Waals surface area contributed by atoms with Gasteiger partial charge in [0.15, 0.2) is 0 Å². The van der Waals surface area contributed by atoms with Crippen molar-refractivity contribution in [1.29, 1.82) is 5.26 Å². The summed E-state index contributed by atoms with van der Waals surface area (Å²) >= 11 is 0. The number of nitriles is 1. The molecule has 11 heavy (non-hydrogen) atoms. The van der Waals surface area contributed by atoms with Gasteiger partial charge < -0.3 is 10.5 Å². The monoisotopic (exact) mass is 149 g/mol. The Morgan fingerprint density at radius 3 is 2.73 bits per heavy atom. The average molecular weight is 149 g/mol. The normalized spacial score (nSPS) is 8.73. The third-order valence-corrected chi connectivity index (χ3v) is 1.21. The third-order valence-electron chi connectivity index (χ3n) is 1.21. The summed E-state index contributed by atoms with van der Waals surface area (Å²) in [5.41, 5.74) is 3.22. The smallest absolute Gasteiger partial charge is 0.119 e. The van der Waals surface area contributed by atoms with Gasteiger partial charge in [0.2, 0.25) is 0 Å². The van der Waals surface area contributed by atoms with Gasteiger partial charge in [0.05, 0.1) is 17.3 Å². The van der Waals surface area contributed by atoms with Crippen molar-refractivity contribution >= 4 is 5.69 Å². The number of hydrogen-bond donors (Lipinski definition) is 3. The van der Waals surface area contributed by atoms with E-state index in [4.69, 9.17) is 16.2 Å². The molecule has 4 N–H and O–H groups in total. The molecular formula is C7H7N3O. The second-order valence-corrected chi connectivity index (χ2v) is 2.02. The highest BCUT2D eigenvalue weighted by Gasteiger charge is 1.96. The zero-order valence-electron chi connectivity index (χ0n) is 5.70. The molecule has 0 heterocycles. The summed E-state index contributed by atoms with van der Waals surface area (Å²) in [6, 6.07) is 6.22. The maximum absolute atomic E-state index is 9.01. The zero-order valence-corrected chi connectivity index (χ0v) is 5.70. The van der Waals surface area contributed by atoms with E-state index in [0.29, 0.717) is 11.3 Å². The Balaban J connectivity index is 3.15. The molecule has 56 valence electrons. The van der Waals surface area contributed by atoms with Gasteiger partial charge in [-0.1, -0.05) is 0 Å². The fraction of sp³-hybridized carbons (Fsp3) is 0. The van der Waals surface area contributed by atoms with Gasteiger partial charge >= 0.3 is 0 Å². The lowest BCUT2D eigenvalue weighted by Crippen LogP contribution is -2.06. The number of nitrogen functional groups attached to an aromatic ring is 1. The maximum atomic E-state index is 9.01. The first-order chi connectivity index (χ1) is 5.26. The summed E-state index contributed by atoms with van der Waals surface area (Å²) in [5.74, 6) is 5.10. The predicted octanol–water partition coefficient (Wildman–Crippen LogP) is 0.549. The van der Waals surface area contributed by atoms with Crippen molar-refractivity contribution in [1.82, 2.24) is 0 Å². The van der Waals surface area contributed by atoms with Crippen LogP contribution in [0.1, 0.15) is 5.56 Å². The Morgan fingerprint density at radius 2 is 2.18 bits per heavy atom. The van der Waals surface area contributed by atoms with Crippen molar-refractivity contribution in [2.45, 2.75) is 0 Å². The van der Waals surface area contributed by atoms with E-state index in [-0.39, 0.29) is 5.75 Å². The highest BCUT2D eigenvalue weighted by Crippen LogP contribution is 2.17. The molecule has 0 aliphatic heterocycles. The lowest BCUT2D eigenvalue weighted by Gasteiger charge is -1.99. The van der Waals surface area contributed by atoms with Gasteiger partial charge in [0, 0.05) is 6.07 Å². The van der Waals surface area contributed by atoms with Crippen molar-refractivity contribution < 1.29 is 5.11 Å². The molecule has 4 nitrogen and oxygen atoms in total. The first-order valence-corrected chi connectivity index (χ1v) is 2.97. The number of nitrogens with one attached hydrogen (secondary N) is 1. The number of rotatable bonds is 1. The molecule has 0 saturated heterocycles. The number of phenolic OH excluding ortho intramolecular Hbond substituents is 1. The van der Waals surface area contributed by atoms with Crippen LogP contribution in [0.4, 0.5) is 5.69 Å². The minimum atomic E-state index is 0.0250. The molecule has 0 aliphatic rings. The number of phenols is 1. The molecule has 4 heteroatoms. The van der Waals surface area contributed by atoms with Crippen LogP contribution in [0.2, 0.25) is 0 Å². The number of nitrogens with zero attached hydrogens (tertiary/aromatic N) is 1. The first kappa shape index (κ1) is 7.38. The lowest BCUT2D eigenvalue weighted by molar-refractivity contribution is 0.475. The summed E-state index contributed by atoms with van der Waals surface area (Å²) in [6.07, 6.45) is 0. The zero-order chi connectivity index (χ0) is 8.27. The second kappa shape index (κ2) is 2.90. The topological polar surface area (TPSA) is 82.1 Å². The third kappa shape index (κ3) is 1.60. The fourth-order valence-electron chi connectivity index (χ4n) is 0.759. The van der Waals surface area contributed by atoms with Crippen LogP contribution in [0.25, 0.3) is 0 Å². The Hall–Kier alpha value is -1.73. The summed E-state index contributed by atoms with van der Waals surface area (Å²) in [5, 5.41) is 17.5. The molecule has 0 atom stereocenters. The Bertz CT molecular complexity index is 303. The molecule has 0 amide bonds. The van der Waals surface area contributed by atoms with Crippen LogP contribution in [0, 0.1) is 11.3 Å². The SMILES string of the molecule is N#Cc1cc(O)cc(NN)c1. The van der Waals surface area contributed by atoms with Crippen molar-refractivity contribution in [2.75, 3.05) is 5.43 Å². The highest BCUT2D eigenvalue weighted by atomic mass is 16.3. The Morgan fingerprint density at radius 1 is 1.45 bits per heavy atom. The molecule has 0 spiro atoms. The van der Waals surface area contributed by atoms with Crippen LogP contribution in [-0.2, 0) is 0 Å². The quantitative estimate of drug-likeness (QED) is 0.402. The van der Waals surface area contributed by atoms with Crippen molar-refractivity contribution in [3.63, 3.8) is 0 Å².